The number of hydrogen-bond donors (Lipinski definition) is 0. The summed E-state index contributed by atoms with van der Waals surface area (Å²) in [6.45, 7) is 9.47. The second-order valence-corrected chi connectivity index (χ2v) is 10.2. The molecule has 158 valence electrons. The maximum absolute atomic E-state index is 13.3. The number of carbonyl (C=O) groups excluding carboxylic acids is 1. The van der Waals surface area contributed by atoms with E-state index in [1.54, 1.807) is 41.3 Å². The summed E-state index contributed by atoms with van der Waals surface area (Å²) in [4.78, 5) is 31.9. The Labute approximate surface area is 180 Å². The minimum Gasteiger partial charge on any atom is -0.462 e. The van der Waals surface area contributed by atoms with Crippen molar-refractivity contribution in [2.45, 2.75) is 53.5 Å². The van der Waals surface area contributed by atoms with E-state index in [1.165, 1.54) is 10.4 Å². The zero-order valence-electron chi connectivity index (χ0n) is 18.0. The van der Waals surface area contributed by atoms with Gasteiger partial charge in [-0.05, 0) is 60.8 Å². The molecule has 1 aromatic carbocycles. The Balaban J connectivity index is 1.62. The van der Waals surface area contributed by atoms with Crippen LogP contribution in [-0.2, 0) is 24.1 Å². The fourth-order valence-corrected chi connectivity index (χ4v) is 5.47. The van der Waals surface area contributed by atoms with Gasteiger partial charge in [-0.25, -0.2) is 9.78 Å². The molecule has 0 bridgehead atoms. The lowest BCUT2D eigenvalue weighted by Gasteiger charge is -2.33. The third-order valence-corrected chi connectivity index (χ3v) is 7.24. The number of rotatable bonds is 4. The molecule has 0 spiro atoms. The Morgan fingerprint density at radius 1 is 1.27 bits per heavy atom. The summed E-state index contributed by atoms with van der Waals surface area (Å²) in [5.41, 5.74) is 2.98. The van der Waals surface area contributed by atoms with Gasteiger partial charge in [0.25, 0.3) is 5.56 Å². The van der Waals surface area contributed by atoms with Crippen molar-refractivity contribution in [2.24, 2.45) is 11.3 Å². The van der Waals surface area contributed by atoms with Crippen molar-refractivity contribution in [3.63, 3.8) is 0 Å². The summed E-state index contributed by atoms with van der Waals surface area (Å²) < 4.78 is 6.69. The molecule has 2 heterocycles. The monoisotopic (exact) mass is 424 g/mol. The number of thiophene rings is 1. The van der Waals surface area contributed by atoms with Crippen molar-refractivity contribution in [2.75, 3.05) is 6.61 Å². The first-order valence-corrected chi connectivity index (χ1v) is 11.3. The lowest BCUT2D eigenvalue weighted by atomic mass is 9.72. The average Bonchev–Trinajstić information content (AvgIpc) is 3.08. The molecule has 0 aliphatic heterocycles. The molecular weight excluding hydrogens is 396 g/mol. The van der Waals surface area contributed by atoms with Crippen molar-refractivity contribution in [1.82, 2.24) is 9.55 Å². The summed E-state index contributed by atoms with van der Waals surface area (Å²) in [5.74, 6) is 0.306. The van der Waals surface area contributed by atoms with Gasteiger partial charge in [0.15, 0.2) is 0 Å². The molecule has 6 heteroatoms. The zero-order valence-corrected chi connectivity index (χ0v) is 18.8. The summed E-state index contributed by atoms with van der Waals surface area (Å²) in [6.07, 6.45) is 4.75. The average molecular weight is 425 g/mol. The van der Waals surface area contributed by atoms with Crippen LogP contribution in [0.3, 0.4) is 0 Å². The topological polar surface area (TPSA) is 61.2 Å². The molecule has 0 unspecified atom stereocenters. The molecule has 5 nitrogen and oxygen atoms in total. The number of fused-ring (bicyclic) bond motifs is 3. The fraction of sp³-hybridized carbons (Fsp3) is 0.458. The van der Waals surface area contributed by atoms with Crippen LogP contribution in [0.15, 0.2) is 35.4 Å². The van der Waals surface area contributed by atoms with Gasteiger partial charge in [-0.3, -0.25) is 9.36 Å². The van der Waals surface area contributed by atoms with E-state index in [1.807, 2.05) is 12.1 Å². The van der Waals surface area contributed by atoms with Gasteiger partial charge in [0.2, 0.25) is 0 Å². The molecule has 4 rings (SSSR count). The van der Waals surface area contributed by atoms with Crippen LogP contribution in [0.2, 0.25) is 0 Å². The van der Waals surface area contributed by atoms with Crippen molar-refractivity contribution >= 4 is 27.5 Å². The van der Waals surface area contributed by atoms with Gasteiger partial charge in [0.05, 0.1) is 30.4 Å². The quantitative estimate of drug-likeness (QED) is 0.563. The minimum absolute atomic E-state index is 0.0289. The summed E-state index contributed by atoms with van der Waals surface area (Å²) in [6, 6.07) is 7.20. The molecule has 30 heavy (non-hydrogen) atoms. The van der Waals surface area contributed by atoms with E-state index in [0.717, 1.165) is 35.0 Å². The molecule has 3 aromatic rings. The highest BCUT2D eigenvalue weighted by Crippen LogP contribution is 2.41. The molecule has 0 saturated heterocycles. The molecule has 2 aromatic heterocycles. The van der Waals surface area contributed by atoms with E-state index in [-0.39, 0.29) is 16.9 Å². The van der Waals surface area contributed by atoms with Crippen LogP contribution in [-0.4, -0.2) is 22.1 Å². The van der Waals surface area contributed by atoms with E-state index in [9.17, 15) is 9.59 Å². The largest absolute Gasteiger partial charge is 0.462 e. The van der Waals surface area contributed by atoms with Crippen LogP contribution in [0.1, 0.15) is 60.5 Å². The molecule has 1 aliphatic carbocycles. The zero-order chi connectivity index (χ0) is 21.5. The molecular formula is C24H28N2O3S. The molecule has 0 radical (unpaired) electrons. The number of benzene rings is 1. The van der Waals surface area contributed by atoms with Gasteiger partial charge >= 0.3 is 5.97 Å². The molecule has 1 atom stereocenters. The highest BCUT2D eigenvalue weighted by Gasteiger charge is 2.31. The van der Waals surface area contributed by atoms with E-state index in [4.69, 9.17) is 4.74 Å². The first kappa shape index (κ1) is 20.8. The predicted octanol–water partition coefficient (Wildman–Crippen LogP) is 4.83. The van der Waals surface area contributed by atoms with Crippen molar-refractivity contribution in [3.8, 4) is 0 Å². The fourth-order valence-electron chi connectivity index (χ4n) is 4.21. The smallest absolute Gasteiger partial charge is 0.338 e. The molecule has 0 fully saturated rings. The number of aryl methyl sites for hydroxylation is 1. The Morgan fingerprint density at radius 3 is 2.67 bits per heavy atom. The van der Waals surface area contributed by atoms with Crippen molar-refractivity contribution < 1.29 is 9.53 Å². The van der Waals surface area contributed by atoms with E-state index >= 15 is 0 Å². The lowest BCUT2D eigenvalue weighted by Crippen LogP contribution is -2.27. The van der Waals surface area contributed by atoms with Crippen LogP contribution in [0.25, 0.3) is 10.2 Å². The van der Waals surface area contributed by atoms with Crippen LogP contribution < -0.4 is 5.56 Å². The van der Waals surface area contributed by atoms with Gasteiger partial charge in [-0.15, -0.1) is 11.3 Å². The van der Waals surface area contributed by atoms with Gasteiger partial charge in [-0.1, -0.05) is 32.9 Å². The standard InChI is InChI=1S/C24H28N2O3S/c1-5-29-23(28)16-8-6-15(7-9-16)13-26-14-25-21-20(22(26)27)18-11-10-17(24(2,3)4)12-19(18)30-21/h6-9,14,17H,5,10-13H2,1-4H3/t17-/m0/s1. The maximum Gasteiger partial charge on any atom is 0.338 e. The van der Waals surface area contributed by atoms with Crippen LogP contribution in [0.4, 0.5) is 0 Å². The van der Waals surface area contributed by atoms with Crippen LogP contribution in [0, 0.1) is 11.3 Å². The van der Waals surface area contributed by atoms with Crippen molar-refractivity contribution in [3.05, 3.63) is 62.5 Å². The summed E-state index contributed by atoms with van der Waals surface area (Å²) in [5, 5.41) is 0.799. The number of aromatic nitrogens is 2. The molecule has 0 N–H and O–H groups in total. The van der Waals surface area contributed by atoms with Crippen molar-refractivity contribution in [1.29, 1.82) is 0 Å². The summed E-state index contributed by atoms with van der Waals surface area (Å²) >= 11 is 1.68. The lowest BCUT2D eigenvalue weighted by molar-refractivity contribution is 0.0526. The summed E-state index contributed by atoms with van der Waals surface area (Å²) in [7, 11) is 0. The van der Waals surface area contributed by atoms with E-state index in [2.05, 4.69) is 25.8 Å². The number of carbonyl (C=O) groups is 1. The van der Waals surface area contributed by atoms with Gasteiger partial charge in [-0.2, -0.15) is 0 Å². The molecule has 0 amide bonds. The van der Waals surface area contributed by atoms with Crippen LogP contribution in [0.5, 0.6) is 0 Å². The Kier molecular flexibility index (Phi) is 5.53. The highest BCUT2D eigenvalue weighted by atomic mass is 32.1. The van der Waals surface area contributed by atoms with Gasteiger partial charge in [0.1, 0.15) is 4.83 Å². The predicted molar refractivity (Wildman–Crippen MR) is 120 cm³/mol. The van der Waals surface area contributed by atoms with Crippen LogP contribution >= 0.6 is 11.3 Å². The Morgan fingerprint density at radius 2 is 2.00 bits per heavy atom. The highest BCUT2D eigenvalue weighted by molar-refractivity contribution is 7.18. The third kappa shape index (κ3) is 3.93. The number of esters is 1. The number of nitrogens with zero attached hydrogens (tertiary/aromatic N) is 2. The third-order valence-electron chi connectivity index (χ3n) is 6.08. The second-order valence-electron chi connectivity index (χ2n) is 9.08. The Hall–Kier alpha value is -2.47. The van der Waals surface area contributed by atoms with E-state index in [0.29, 0.717) is 24.6 Å². The number of hydrogen-bond acceptors (Lipinski definition) is 5. The molecule has 1 aliphatic rings. The first-order valence-electron chi connectivity index (χ1n) is 10.5. The second kappa shape index (κ2) is 7.99. The minimum atomic E-state index is -0.331. The normalized spacial score (nSPS) is 16.5. The first-order chi connectivity index (χ1) is 14.3. The maximum atomic E-state index is 13.3. The SMILES string of the molecule is CCOC(=O)c1ccc(Cn2cnc3sc4c(c3c2=O)CC[C@H](C(C)(C)C)C4)cc1. The Bertz CT molecular complexity index is 1140. The van der Waals surface area contributed by atoms with E-state index < -0.39 is 0 Å². The molecule has 0 saturated carbocycles. The number of ether oxygens (including phenoxy) is 1. The van der Waals surface area contributed by atoms with Gasteiger partial charge < -0.3 is 4.74 Å². The van der Waals surface area contributed by atoms with Gasteiger partial charge in [0, 0.05) is 4.88 Å².